The molecule has 168 valence electrons. The van der Waals surface area contributed by atoms with E-state index in [0.29, 0.717) is 23.7 Å². The van der Waals surface area contributed by atoms with E-state index in [9.17, 15) is 4.79 Å². The molecule has 8 heteroatoms. The fourth-order valence-electron chi connectivity index (χ4n) is 3.85. The van der Waals surface area contributed by atoms with Gasteiger partial charge in [0.15, 0.2) is 0 Å². The predicted molar refractivity (Wildman–Crippen MR) is 125 cm³/mol. The fourth-order valence-corrected chi connectivity index (χ4v) is 3.85. The van der Waals surface area contributed by atoms with E-state index < -0.39 is 0 Å². The van der Waals surface area contributed by atoms with Crippen molar-refractivity contribution in [1.82, 2.24) is 14.5 Å². The van der Waals surface area contributed by atoms with Crippen molar-refractivity contribution in [3.05, 3.63) is 60.4 Å². The van der Waals surface area contributed by atoms with E-state index in [2.05, 4.69) is 55.9 Å². The van der Waals surface area contributed by atoms with Crippen molar-refractivity contribution >= 4 is 17.5 Å². The Labute approximate surface area is 188 Å². The van der Waals surface area contributed by atoms with Crippen LogP contribution in [0.4, 0.5) is 11.6 Å². The fraction of sp³-hybridized carbons (Fsp3) is 0.333. The number of nitrogens with one attached hydrogen (secondary N) is 1. The van der Waals surface area contributed by atoms with Gasteiger partial charge in [-0.1, -0.05) is 17.7 Å². The third-order valence-electron chi connectivity index (χ3n) is 5.64. The number of rotatable bonds is 7. The van der Waals surface area contributed by atoms with Gasteiger partial charge in [-0.25, -0.2) is 4.98 Å². The second-order valence-electron chi connectivity index (χ2n) is 7.81. The number of benzene rings is 2. The third kappa shape index (κ3) is 4.86. The van der Waals surface area contributed by atoms with Crippen molar-refractivity contribution in [2.45, 2.75) is 6.92 Å². The summed E-state index contributed by atoms with van der Waals surface area (Å²) in [7, 11) is 3.17. The molecule has 2 aromatic carbocycles. The highest BCUT2D eigenvalue weighted by Gasteiger charge is 2.22. The topological polar surface area (TPSA) is 71.9 Å². The van der Waals surface area contributed by atoms with Gasteiger partial charge >= 0.3 is 0 Å². The summed E-state index contributed by atoms with van der Waals surface area (Å²) >= 11 is 0. The van der Waals surface area contributed by atoms with Crippen molar-refractivity contribution in [2.75, 3.05) is 57.2 Å². The minimum absolute atomic E-state index is 0.0776. The molecule has 1 N–H and O–H groups in total. The van der Waals surface area contributed by atoms with E-state index in [0.717, 1.165) is 37.8 Å². The number of methoxy groups -OCH3 is 2. The Morgan fingerprint density at radius 2 is 1.78 bits per heavy atom. The lowest BCUT2D eigenvalue weighted by Crippen LogP contribution is -2.49. The molecule has 1 aromatic heterocycles. The number of piperazine rings is 1. The van der Waals surface area contributed by atoms with Gasteiger partial charge in [0.05, 0.1) is 26.5 Å². The van der Waals surface area contributed by atoms with Crippen molar-refractivity contribution in [2.24, 2.45) is 0 Å². The van der Waals surface area contributed by atoms with E-state index in [4.69, 9.17) is 9.47 Å². The molecular formula is C24H29N5O3. The maximum atomic E-state index is 12.6. The average Bonchev–Trinajstić information content (AvgIpc) is 3.30. The molecule has 1 fully saturated rings. The molecule has 0 saturated carbocycles. The van der Waals surface area contributed by atoms with Crippen LogP contribution in [0.15, 0.2) is 54.9 Å². The molecule has 8 nitrogen and oxygen atoms in total. The van der Waals surface area contributed by atoms with Gasteiger partial charge in [-0.15, -0.1) is 0 Å². The molecule has 1 saturated heterocycles. The number of anilines is 2. The standard InChI is InChI=1S/C24H29N5O3/c1-18-4-6-19(7-5-18)29-11-10-25-24(29)28-14-12-27(13-15-28)17-23(30)26-21-16-20(31-2)8-9-22(21)32-3/h4-11,16H,12-15,17H2,1-3H3,(H,26,30). The van der Waals surface area contributed by atoms with E-state index >= 15 is 0 Å². The van der Waals surface area contributed by atoms with Crippen LogP contribution in [0.2, 0.25) is 0 Å². The molecule has 0 bridgehead atoms. The largest absolute Gasteiger partial charge is 0.497 e. The Kier molecular flexibility index (Phi) is 6.61. The SMILES string of the molecule is COc1ccc(OC)c(NC(=O)CN2CCN(c3nccn3-c3ccc(C)cc3)CC2)c1. The normalized spacial score (nSPS) is 14.3. The molecule has 1 aliphatic rings. The highest BCUT2D eigenvalue weighted by molar-refractivity contribution is 5.94. The first kappa shape index (κ1) is 21.7. The third-order valence-corrected chi connectivity index (χ3v) is 5.64. The summed E-state index contributed by atoms with van der Waals surface area (Å²) in [5, 5.41) is 2.94. The van der Waals surface area contributed by atoms with Crippen molar-refractivity contribution in [1.29, 1.82) is 0 Å². The molecule has 0 unspecified atom stereocenters. The Balaban J connectivity index is 1.35. The molecule has 1 aliphatic heterocycles. The number of carbonyl (C=O) groups is 1. The van der Waals surface area contributed by atoms with Crippen LogP contribution in [-0.4, -0.2) is 67.3 Å². The maximum Gasteiger partial charge on any atom is 0.238 e. The lowest BCUT2D eigenvalue weighted by atomic mass is 10.2. The quantitative estimate of drug-likeness (QED) is 0.615. The first-order valence-corrected chi connectivity index (χ1v) is 10.7. The first-order chi connectivity index (χ1) is 15.6. The lowest BCUT2D eigenvalue weighted by molar-refractivity contribution is -0.117. The number of ether oxygens (including phenoxy) is 2. The average molecular weight is 436 g/mol. The first-order valence-electron chi connectivity index (χ1n) is 10.7. The van der Waals surface area contributed by atoms with Gasteiger partial charge in [-0.05, 0) is 31.2 Å². The van der Waals surface area contributed by atoms with Crippen LogP contribution in [0.5, 0.6) is 11.5 Å². The van der Waals surface area contributed by atoms with E-state index in [1.807, 2.05) is 12.4 Å². The van der Waals surface area contributed by atoms with Crippen LogP contribution in [0.3, 0.4) is 0 Å². The zero-order valence-corrected chi connectivity index (χ0v) is 18.7. The molecule has 1 amide bonds. The molecule has 32 heavy (non-hydrogen) atoms. The molecule has 2 heterocycles. The smallest absolute Gasteiger partial charge is 0.238 e. The highest BCUT2D eigenvalue weighted by Crippen LogP contribution is 2.29. The van der Waals surface area contributed by atoms with Gasteiger partial charge < -0.3 is 19.7 Å². The summed E-state index contributed by atoms with van der Waals surface area (Å²) in [5.74, 6) is 2.12. The number of aromatic nitrogens is 2. The zero-order valence-electron chi connectivity index (χ0n) is 18.7. The predicted octanol–water partition coefficient (Wildman–Crippen LogP) is 2.96. The lowest BCUT2D eigenvalue weighted by Gasteiger charge is -2.35. The second-order valence-corrected chi connectivity index (χ2v) is 7.81. The van der Waals surface area contributed by atoms with Gasteiger partial charge in [-0.2, -0.15) is 0 Å². The van der Waals surface area contributed by atoms with Gasteiger partial charge in [0.2, 0.25) is 11.9 Å². The molecule has 0 radical (unpaired) electrons. The maximum absolute atomic E-state index is 12.6. The number of imidazole rings is 1. The van der Waals surface area contributed by atoms with Gasteiger partial charge in [0.25, 0.3) is 0 Å². The number of hydrogen-bond donors (Lipinski definition) is 1. The Hall–Kier alpha value is -3.52. The van der Waals surface area contributed by atoms with Crippen LogP contribution in [0.25, 0.3) is 5.69 Å². The zero-order chi connectivity index (χ0) is 22.5. The summed E-state index contributed by atoms with van der Waals surface area (Å²) < 4.78 is 12.7. The van der Waals surface area contributed by atoms with Crippen molar-refractivity contribution in [3.8, 4) is 17.2 Å². The molecule has 4 rings (SSSR count). The van der Waals surface area contributed by atoms with Crippen LogP contribution in [-0.2, 0) is 4.79 Å². The number of aryl methyl sites for hydroxylation is 1. The molecular weight excluding hydrogens is 406 g/mol. The van der Waals surface area contributed by atoms with Crippen LogP contribution >= 0.6 is 0 Å². The van der Waals surface area contributed by atoms with E-state index in [-0.39, 0.29) is 5.91 Å². The molecule has 0 atom stereocenters. The van der Waals surface area contributed by atoms with E-state index in [1.54, 1.807) is 32.4 Å². The number of amides is 1. The minimum Gasteiger partial charge on any atom is -0.497 e. The van der Waals surface area contributed by atoms with Crippen molar-refractivity contribution in [3.63, 3.8) is 0 Å². The van der Waals surface area contributed by atoms with Crippen LogP contribution < -0.4 is 19.7 Å². The Morgan fingerprint density at radius 3 is 2.47 bits per heavy atom. The summed E-state index contributed by atoms with van der Waals surface area (Å²) in [5.41, 5.74) is 2.93. The van der Waals surface area contributed by atoms with Crippen LogP contribution in [0.1, 0.15) is 5.56 Å². The summed E-state index contributed by atoms with van der Waals surface area (Å²) in [6.45, 7) is 5.57. The molecule has 0 aliphatic carbocycles. The summed E-state index contributed by atoms with van der Waals surface area (Å²) in [4.78, 5) is 21.6. The Morgan fingerprint density at radius 1 is 1.03 bits per heavy atom. The van der Waals surface area contributed by atoms with Gasteiger partial charge in [0.1, 0.15) is 11.5 Å². The summed E-state index contributed by atoms with van der Waals surface area (Å²) in [6.07, 6.45) is 3.82. The number of hydrogen-bond acceptors (Lipinski definition) is 6. The minimum atomic E-state index is -0.0776. The van der Waals surface area contributed by atoms with E-state index in [1.165, 1.54) is 5.56 Å². The van der Waals surface area contributed by atoms with Gasteiger partial charge in [-0.3, -0.25) is 14.3 Å². The molecule has 0 spiro atoms. The van der Waals surface area contributed by atoms with Crippen molar-refractivity contribution < 1.29 is 14.3 Å². The molecule has 3 aromatic rings. The number of nitrogens with zero attached hydrogens (tertiary/aromatic N) is 4. The summed E-state index contributed by atoms with van der Waals surface area (Å²) in [6, 6.07) is 13.8. The second kappa shape index (κ2) is 9.74. The van der Waals surface area contributed by atoms with Gasteiger partial charge in [0, 0.05) is 50.3 Å². The monoisotopic (exact) mass is 435 g/mol. The van der Waals surface area contributed by atoms with Crippen LogP contribution in [0, 0.1) is 6.92 Å². The Bertz CT molecular complexity index is 1060. The number of carbonyl (C=O) groups excluding carboxylic acids is 1. The highest BCUT2D eigenvalue weighted by atomic mass is 16.5.